The summed E-state index contributed by atoms with van der Waals surface area (Å²) in [6, 6.07) is 6.91. The number of hydrogen-bond acceptors (Lipinski definition) is 8. The number of nitrogens with zero attached hydrogens (tertiary/aromatic N) is 2. The van der Waals surface area contributed by atoms with Crippen molar-refractivity contribution in [2.75, 3.05) is 19.8 Å². The van der Waals surface area contributed by atoms with E-state index in [-0.39, 0.29) is 37.3 Å². The lowest BCUT2D eigenvalue weighted by Gasteiger charge is -2.36. The van der Waals surface area contributed by atoms with Gasteiger partial charge >= 0.3 is 11.9 Å². The van der Waals surface area contributed by atoms with Crippen LogP contribution in [0.15, 0.2) is 67.0 Å². The van der Waals surface area contributed by atoms with E-state index in [1.165, 1.54) is 37.0 Å². The number of aryl methyl sites for hydroxylation is 1. The quantitative estimate of drug-likeness (QED) is 0.0838. The Morgan fingerprint density at radius 1 is 1.12 bits per heavy atom. The minimum absolute atomic E-state index is 0.144. The molecule has 10 heteroatoms. The van der Waals surface area contributed by atoms with E-state index < -0.39 is 47.0 Å². The standard InChI is InChI=1S/C38H49FN2O7/c1-25(2)13-16-34(42)47-24-38(6,7)35(43)36(44)41-18-9-8-12-32(41)37(45)48-33(15-14-28-11-10-17-40-22-28)29-19-30(39)21-31(20-29)46-23-27(5)26(3)4/h10-11,13,16-17,19-22,25-26,32-33H,5,8-9,12,14-15,18,23-24H2,1-4,6-7H3/t32-,33+/m0/s1. The molecule has 2 aromatic rings. The molecule has 1 aliphatic rings. The van der Waals surface area contributed by atoms with Crippen molar-refractivity contribution < 1.29 is 37.8 Å². The fourth-order valence-electron chi connectivity index (χ4n) is 5.03. The molecule has 0 radical (unpaired) electrons. The van der Waals surface area contributed by atoms with Crippen molar-refractivity contribution in [2.24, 2.45) is 17.3 Å². The summed E-state index contributed by atoms with van der Waals surface area (Å²) in [7, 11) is 0. The fraction of sp³-hybridized carbons (Fsp3) is 0.500. The van der Waals surface area contributed by atoms with Crippen LogP contribution in [0.2, 0.25) is 0 Å². The minimum atomic E-state index is -1.32. The largest absolute Gasteiger partial charge is 0.489 e. The van der Waals surface area contributed by atoms with Gasteiger partial charge in [0.1, 0.15) is 36.9 Å². The maximum Gasteiger partial charge on any atom is 0.330 e. The molecule has 2 heterocycles. The maximum absolute atomic E-state index is 14.9. The molecule has 0 bridgehead atoms. The molecule has 0 aliphatic carbocycles. The Morgan fingerprint density at radius 2 is 1.88 bits per heavy atom. The summed E-state index contributed by atoms with van der Waals surface area (Å²) in [6.07, 6.45) is 7.81. The predicted molar refractivity (Wildman–Crippen MR) is 180 cm³/mol. The van der Waals surface area contributed by atoms with Crippen molar-refractivity contribution in [3.63, 3.8) is 0 Å². The van der Waals surface area contributed by atoms with Gasteiger partial charge in [-0.15, -0.1) is 0 Å². The zero-order valence-electron chi connectivity index (χ0n) is 29.0. The smallest absolute Gasteiger partial charge is 0.330 e. The summed E-state index contributed by atoms with van der Waals surface area (Å²) >= 11 is 0. The number of amides is 1. The Kier molecular flexibility index (Phi) is 14.1. The Labute approximate surface area is 283 Å². The van der Waals surface area contributed by atoms with Crippen LogP contribution in [-0.2, 0) is 35.1 Å². The van der Waals surface area contributed by atoms with Gasteiger partial charge in [-0.3, -0.25) is 14.6 Å². The first-order valence-electron chi connectivity index (χ1n) is 16.6. The van der Waals surface area contributed by atoms with Crippen molar-refractivity contribution in [3.8, 4) is 5.75 Å². The number of pyridine rings is 1. The normalized spacial score (nSPS) is 15.8. The molecule has 0 N–H and O–H groups in total. The number of halogens is 1. The number of piperidine rings is 1. The van der Waals surface area contributed by atoms with E-state index in [1.807, 2.05) is 33.8 Å². The number of ketones is 1. The van der Waals surface area contributed by atoms with E-state index in [4.69, 9.17) is 14.2 Å². The second-order valence-corrected chi connectivity index (χ2v) is 13.6. The van der Waals surface area contributed by atoms with Crippen LogP contribution < -0.4 is 4.74 Å². The number of hydrogen-bond donors (Lipinski definition) is 0. The first-order valence-corrected chi connectivity index (χ1v) is 16.6. The van der Waals surface area contributed by atoms with Crippen LogP contribution >= 0.6 is 0 Å². The van der Waals surface area contributed by atoms with E-state index in [9.17, 15) is 23.6 Å². The molecule has 0 spiro atoms. The first-order chi connectivity index (χ1) is 22.7. The van der Waals surface area contributed by atoms with Gasteiger partial charge in [-0.1, -0.05) is 46.4 Å². The van der Waals surface area contributed by atoms with Gasteiger partial charge in [-0.05, 0) is 92.7 Å². The number of Topliss-reactive ketones (excluding diaryl/α,β-unsaturated/α-hetero) is 1. The summed E-state index contributed by atoms with van der Waals surface area (Å²) in [5.74, 6) is -2.85. The van der Waals surface area contributed by atoms with Gasteiger partial charge in [0.15, 0.2) is 0 Å². The lowest BCUT2D eigenvalue weighted by Crippen LogP contribution is -2.53. The summed E-state index contributed by atoms with van der Waals surface area (Å²) in [5, 5.41) is 0. The number of likely N-dealkylation sites (tertiary alicyclic amines) is 1. The van der Waals surface area contributed by atoms with E-state index in [2.05, 4.69) is 11.6 Å². The predicted octanol–water partition coefficient (Wildman–Crippen LogP) is 6.76. The fourth-order valence-corrected chi connectivity index (χ4v) is 5.03. The highest BCUT2D eigenvalue weighted by Crippen LogP contribution is 2.31. The number of aromatic nitrogens is 1. The minimum Gasteiger partial charge on any atom is -0.489 e. The molecule has 1 aliphatic heterocycles. The Hall–Kier alpha value is -4.34. The molecule has 1 aromatic carbocycles. The molecule has 2 atom stereocenters. The highest BCUT2D eigenvalue weighted by atomic mass is 19.1. The van der Waals surface area contributed by atoms with Crippen LogP contribution in [0.1, 0.15) is 84.5 Å². The Balaban J connectivity index is 1.81. The zero-order chi connectivity index (χ0) is 35.4. The molecule has 0 unspecified atom stereocenters. The van der Waals surface area contributed by atoms with Crippen LogP contribution in [0.3, 0.4) is 0 Å². The Morgan fingerprint density at radius 3 is 2.54 bits per heavy atom. The second kappa shape index (κ2) is 17.7. The monoisotopic (exact) mass is 664 g/mol. The summed E-state index contributed by atoms with van der Waals surface area (Å²) in [4.78, 5) is 58.4. The van der Waals surface area contributed by atoms with Gasteiger partial charge in [-0.25, -0.2) is 14.0 Å². The number of benzene rings is 1. The number of esters is 2. The third kappa shape index (κ3) is 11.4. The summed E-state index contributed by atoms with van der Waals surface area (Å²) in [5.41, 5.74) is 0.829. The van der Waals surface area contributed by atoms with Crippen LogP contribution in [0.25, 0.3) is 0 Å². The highest BCUT2D eigenvalue weighted by molar-refractivity contribution is 6.38. The van der Waals surface area contributed by atoms with Crippen molar-refractivity contribution in [1.82, 2.24) is 9.88 Å². The molecule has 1 amide bonds. The van der Waals surface area contributed by atoms with E-state index >= 15 is 0 Å². The second-order valence-electron chi connectivity index (χ2n) is 13.6. The first kappa shape index (κ1) is 38.1. The van der Waals surface area contributed by atoms with Gasteiger partial charge in [0, 0.05) is 31.1 Å². The Bertz CT molecular complexity index is 1470. The summed E-state index contributed by atoms with van der Waals surface area (Å²) in [6.45, 7) is 15.0. The molecule has 48 heavy (non-hydrogen) atoms. The number of ether oxygens (including phenoxy) is 3. The van der Waals surface area contributed by atoms with E-state index in [0.717, 1.165) is 11.1 Å². The van der Waals surface area contributed by atoms with E-state index in [1.54, 1.807) is 30.6 Å². The summed E-state index contributed by atoms with van der Waals surface area (Å²) < 4.78 is 32.1. The van der Waals surface area contributed by atoms with Crippen molar-refractivity contribution >= 4 is 23.6 Å². The maximum atomic E-state index is 14.9. The van der Waals surface area contributed by atoms with Gasteiger partial charge < -0.3 is 19.1 Å². The molecule has 3 rings (SSSR count). The lowest BCUT2D eigenvalue weighted by atomic mass is 9.87. The molecule has 1 aromatic heterocycles. The third-order valence-corrected chi connectivity index (χ3v) is 8.22. The molecule has 0 saturated carbocycles. The van der Waals surface area contributed by atoms with Crippen LogP contribution in [0.4, 0.5) is 4.39 Å². The van der Waals surface area contributed by atoms with Crippen molar-refractivity contribution in [1.29, 1.82) is 0 Å². The molecular formula is C38H49FN2O7. The third-order valence-electron chi connectivity index (χ3n) is 8.22. The number of carbonyl (C=O) groups excluding carboxylic acids is 4. The molecule has 9 nitrogen and oxygen atoms in total. The average molecular weight is 665 g/mol. The highest BCUT2D eigenvalue weighted by Gasteiger charge is 2.42. The van der Waals surface area contributed by atoms with Gasteiger partial charge in [0.05, 0.1) is 5.41 Å². The van der Waals surface area contributed by atoms with Crippen LogP contribution in [0, 0.1) is 23.1 Å². The van der Waals surface area contributed by atoms with E-state index in [0.29, 0.717) is 37.7 Å². The van der Waals surface area contributed by atoms with Crippen LogP contribution in [-0.4, -0.2) is 59.3 Å². The topological polar surface area (TPSA) is 112 Å². The lowest BCUT2D eigenvalue weighted by molar-refractivity contribution is -0.165. The van der Waals surface area contributed by atoms with Crippen LogP contribution in [0.5, 0.6) is 5.75 Å². The molecular weight excluding hydrogens is 615 g/mol. The van der Waals surface area contributed by atoms with Crippen molar-refractivity contribution in [2.45, 2.75) is 85.8 Å². The van der Waals surface area contributed by atoms with Gasteiger partial charge in [-0.2, -0.15) is 0 Å². The zero-order valence-corrected chi connectivity index (χ0v) is 29.0. The van der Waals surface area contributed by atoms with Gasteiger partial charge in [0.2, 0.25) is 5.78 Å². The average Bonchev–Trinajstić information content (AvgIpc) is 3.06. The number of rotatable bonds is 16. The number of carbonyl (C=O) groups is 4. The van der Waals surface area contributed by atoms with Crippen molar-refractivity contribution in [3.05, 3.63) is 84.0 Å². The molecule has 1 saturated heterocycles. The van der Waals surface area contributed by atoms with Gasteiger partial charge in [0.25, 0.3) is 5.91 Å². The molecule has 260 valence electrons. The number of allylic oxidation sites excluding steroid dienone is 1. The SMILES string of the molecule is C=C(COc1cc(F)cc([C@@H](CCc2cccnc2)OC(=O)[C@@H]2CCCCN2C(=O)C(=O)C(C)(C)COC(=O)C=CC(C)C)c1)C(C)C. The molecule has 1 fully saturated rings.